The molecule has 0 amide bonds. The Morgan fingerprint density at radius 2 is 1.38 bits per heavy atom. The summed E-state index contributed by atoms with van der Waals surface area (Å²) in [6.07, 6.45) is -0.544. The number of benzene rings is 3. The Bertz CT molecular complexity index is 1340. The molecule has 0 saturated heterocycles. The second kappa shape index (κ2) is 6.60. The molecule has 1 heterocycles. The second-order valence-electron chi connectivity index (χ2n) is 6.92. The lowest BCUT2D eigenvalue weighted by Crippen LogP contribution is -2.33. The van der Waals surface area contributed by atoms with E-state index < -0.39 is 23.2 Å². The molecule has 1 aromatic heterocycles. The van der Waals surface area contributed by atoms with Crippen LogP contribution in [-0.4, -0.2) is 15.7 Å². The molecule has 0 spiro atoms. The molecule has 0 radical (unpaired) electrons. The van der Waals surface area contributed by atoms with Crippen LogP contribution in [0.25, 0.3) is 21.9 Å². The number of H-pyrrole nitrogens is 1. The van der Waals surface area contributed by atoms with Crippen molar-refractivity contribution in [3.05, 3.63) is 105 Å². The van der Waals surface area contributed by atoms with Gasteiger partial charge in [-0.05, 0) is 23.3 Å². The van der Waals surface area contributed by atoms with Gasteiger partial charge in [0, 0.05) is 11.1 Å². The normalized spacial score (nSPS) is 12.6. The van der Waals surface area contributed by atoms with Crippen LogP contribution in [0.3, 0.4) is 0 Å². The Hall–Kier alpha value is -3.93. The third kappa shape index (κ3) is 2.77. The first-order chi connectivity index (χ1) is 14.1. The fraction of sp³-hybridized carbons (Fsp3) is 0.0870. The van der Waals surface area contributed by atoms with Gasteiger partial charge in [0.15, 0.2) is 6.10 Å². The largest absolute Gasteiger partial charge is 0.451 e. The van der Waals surface area contributed by atoms with Crippen molar-refractivity contribution in [1.82, 2.24) is 9.78 Å². The number of ether oxygens (including phenoxy) is 1. The highest BCUT2D eigenvalue weighted by molar-refractivity contribution is 5.81. The van der Waals surface area contributed by atoms with Crippen molar-refractivity contribution in [2.75, 3.05) is 0 Å². The summed E-state index contributed by atoms with van der Waals surface area (Å²) in [4.78, 5) is 37.6. The van der Waals surface area contributed by atoms with E-state index in [0.29, 0.717) is 5.39 Å². The number of aromatic amines is 1. The molecule has 4 aromatic rings. The van der Waals surface area contributed by atoms with Crippen molar-refractivity contribution in [2.45, 2.75) is 12.6 Å². The summed E-state index contributed by atoms with van der Waals surface area (Å²) in [5.41, 5.74) is 2.99. The minimum Gasteiger partial charge on any atom is -0.451 e. The smallest absolute Gasteiger partial charge is 0.328 e. The molecule has 0 bridgehead atoms. The Morgan fingerprint density at radius 1 is 0.828 bits per heavy atom. The van der Waals surface area contributed by atoms with Gasteiger partial charge in [-0.2, -0.15) is 0 Å². The molecular weight excluding hydrogens is 368 g/mol. The van der Waals surface area contributed by atoms with E-state index in [0.717, 1.165) is 26.9 Å². The summed E-state index contributed by atoms with van der Waals surface area (Å²) >= 11 is 0. The van der Waals surface area contributed by atoms with Gasteiger partial charge in [0.2, 0.25) is 0 Å². The maximum Gasteiger partial charge on any atom is 0.328 e. The topological polar surface area (TPSA) is 81.2 Å². The summed E-state index contributed by atoms with van der Waals surface area (Å²) < 4.78 is 6.75. The molecule has 142 valence electrons. The first kappa shape index (κ1) is 17.2. The van der Waals surface area contributed by atoms with Gasteiger partial charge in [-0.25, -0.2) is 4.68 Å². The zero-order chi connectivity index (χ0) is 20.0. The van der Waals surface area contributed by atoms with E-state index in [9.17, 15) is 14.4 Å². The molecule has 1 aliphatic carbocycles. The molecule has 1 aliphatic rings. The number of nitrogens with one attached hydrogen (secondary N) is 1. The fourth-order valence-corrected chi connectivity index (χ4v) is 3.89. The highest BCUT2D eigenvalue weighted by atomic mass is 16.5. The number of rotatable bonds is 3. The second-order valence-corrected chi connectivity index (χ2v) is 6.92. The first-order valence-corrected chi connectivity index (χ1v) is 9.23. The van der Waals surface area contributed by atoms with Gasteiger partial charge >= 0.3 is 5.97 Å². The van der Waals surface area contributed by atoms with E-state index in [1.54, 1.807) is 24.3 Å². The molecule has 0 atom stereocenters. The third-order valence-corrected chi connectivity index (χ3v) is 5.20. The summed E-state index contributed by atoms with van der Waals surface area (Å²) in [5, 5.41) is 3.02. The van der Waals surface area contributed by atoms with Crippen molar-refractivity contribution < 1.29 is 9.53 Å². The number of carbonyl (C=O) groups excluding carboxylic acids is 1. The highest BCUT2D eigenvalue weighted by Crippen LogP contribution is 2.45. The SMILES string of the molecule is O=C(Cn1[nH]c(=O)c2ccccc2c1=O)OC1c2ccccc2-c2ccccc21. The van der Waals surface area contributed by atoms with Crippen LogP contribution < -0.4 is 11.1 Å². The van der Waals surface area contributed by atoms with E-state index >= 15 is 0 Å². The minimum absolute atomic E-state index is 0.264. The van der Waals surface area contributed by atoms with Gasteiger partial charge in [0.25, 0.3) is 11.1 Å². The Kier molecular flexibility index (Phi) is 3.91. The van der Waals surface area contributed by atoms with Crippen LogP contribution in [0.4, 0.5) is 0 Å². The molecule has 6 heteroatoms. The summed E-state index contributed by atoms with van der Waals surface area (Å²) in [6, 6.07) is 22.0. The summed E-state index contributed by atoms with van der Waals surface area (Å²) in [7, 11) is 0. The molecule has 0 fully saturated rings. The molecule has 1 N–H and O–H groups in total. The van der Waals surface area contributed by atoms with Crippen molar-refractivity contribution in [3.8, 4) is 11.1 Å². The van der Waals surface area contributed by atoms with Crippen molar-refractivity contribution in [3.63, 3.8) is 0 Å². The van der Waals surface area contributed by atoms with Crippen LogP contribution in [0.1, 0.15) is 17.2 Å². The first-order valence-electron chi connectivity index (χ1n) is 9.23. The lowest BCUT2D eigenvalue weighted by atomic mass is 10.1. The number of hydrogen-bond acceptors (Lipinski definition) is 4. The maximum absolute atomic E-state index is 12.7. The predicted octanol–water partition coefficient (Wildman–Crippen LogP) is 3.00. The summed E-state index contributed by atoms with van der Waals surface area (Å²) in [5.74, 6) is -0.602. The van der Waals surface area contributed by atoms with Crippen molar-refractivity contribution in [2.24, 2.45) is 0 Å². The number of aromatic nitrogens is 2. The van der Waals surface area contributed by atoms with Crippen LogP contribution in [0, 0.1) is 0 Å². The molecular formula is C23H16N2O4. The zero-order valence-corrected chi connectivity index (χ0v) is 15.3. The monoisotopic (exact) mass is 384 g/mol. The Morgan fingerprint density at radius 3 is 2.03 bits per heavy atom. The maximum atomic E-state index is 12.7. The molecule has 0 unspecified atom stereocenters. The predicted molar refractivity (Wildman–Crippen MR) is 109 cm³/mol. The van der Waals surface area contributed by atoms with Crippen LogP contribution >= 0.6 is 0 Å². The zero-order valence-electron chi connectivity index (χ0n) is 15.3. The average Bonchev–Trinajstić information content (AvgIpc) is 3.06. The van der Waals surface area contributed by atoms with Gasteiger partial charge in [0.1, 0.15) is 6.54 Å². The summed E-state index contributed by atoms with van der Waals surface area (Å²) in [6.45, 7) is -0.375. The van der Waals surface area contributed by atoms with E-state index in [2.05, 4.69) is 5.10 Å². The van der Waals surface area contributed by atoms with Crippen LogP contribution in [-0.2, 0) is 16.1 Å². The number of carbonyl (C=O) groups is 1. The van der Waals surface area contributed by atoms with Crippen LogP contribution in [0.15, 0.2) is 82.4 Å². The Labute approximate surface area is 165 Å². The minimum atomic E-state index is -0.602. The number of nitrogens with zero attached hydrogens (tertiary/aromatic N) is 1. The number of hydrogen-bond donors (Lipinski definition) is 1. The van der Waals surface area contributed by atoms with Gasteiger partial charge in [-0.1, -0.05) is 60.7 Å². The average molecular weight is 384 g/mol. The van der Waals surface area contributed by atoms with E-state index in [1.807, 2.05) is 48.5 Å². The van der Waals surface area contributed by atoms with Gasteiger partial charge in [-0.3, -0.25) is 19.5 Å². The molecule has 0 aliphatic heterocycles. The quantitative estimate of drug-likeness (QED) is 0.551. The lowest BCUT2D eigenvalue weighted by molar-refractivity contribution is -0.148. The van der Waals surface area contributed by atoms with Gasteiger partial charge < -0.3 is 4.74 Å². The highest BCUT2D eigenvalue weighted by Gasteiger charge is 2.31. The van der Waals surface area contributed by atoms with Crippen molar-refractivity contribution in [1.29, 1.82) is 0 Å². The van der Waals surface area contributed by atoms with E-state index in [1.165, 1.54) is 0 Å². The number of fused-ring (bicyclic) bond motifs is 4. The third-order valence-electron chi connectivity index (χ3n) is 5.20. The van der Waals surface area contributed by atoms with Gasteiger partial charge in [0.05, 0.1) is 10.8 Å². The molecule has 29 heavy (non-hydrogen) atoms. The van der Waals surface area contributed by atoms with Crippen LogP contribution in [0.2, 0.25) is 0 Å². The Balaban J connectivity index is 1.48. The van der Waals surface area contributed by atoms with Gasteiger partial charge in [-0.15, -0.1) is 0 Å². The fourth-order valence-electron chi connectivity index (χ4n) is 3.89. The van der Waals surface area contributed by atoms with E-state index in [-0.39, 0.29) is 11.9 Å². The van der Waals surface area contributed by atoms with Crippen LogP contribution in [0.5, 0.6) is 0 Å². The standard InChI is InChI=1S/C23H16N2O4/c26-20(13-25-23(28)19-12-6-5-11-18(19)22(27)24-25)29-21-16-9-3-1-7-14(16)15-8-2-4-10-17(15)21/h1-12,21H,13H2,(H,24,27). The number of esters is 1. The lowest BCUT2D eigenvalue weighted by Gasteiger charge is -2.15. The molecule has 6 nitrogen and oxygen atoms in total. The van der Waals surface area contributed by atoms with E-state index in [4.69, 9.17) is 4.74 Å². The van der Waals surface area contributed by atoms with Crippen molar-refractivity contribution >= 4 is 16.7 Å². The molecule has 3 aromatic carbocycles. The molecule has 0 saturated carbocycles. The molecule has 5 rings (SSSR count).